The molecule has 3 aromatic heterocycles. The number of aromatic nitrogens is 3. The van der Waals surface area contributed by atoms with Gasteiger partial charge in [0.05, 0.1) is 22.9 Å². The first kappa shape index (κ1) is 34.5. The molecular formula is C32H39ClN10O4. The fourth-order valence-electron chi connectivity index (χ4n) is 4.84. The molecule has 0 saturated carbocycles. The summed E-state index contributed by atoms with van der Waals surface area (Å²) in [7, 11) is 3.35. The van der Waals surface area contributed by atoms with Crippen LogP contribution in [-0.4, -0.2) is 62.1 Å². The minimum atomic E-state index is -0.447. The molecule has 0 unspecified atom stereocenters. The smallest absolute Gasteiger partial charge is 0.272 e. The Labute approximate surface area is 277 Å². The number of amides is 4. The van der Waals surface area contributed by atoms with Gasteiger partial charge in [0.25, 0.3) is 23.6 Å². The molecule has 4 aromatic rings. The van der Waals surface area contributed by atoms with Crippen molar-refractivity contribution < 1.29 is 19.2 Å². The molecule has 0 bridgehead atoms. The number of alkyl halides is 1. The minimum absolute atomic E-state index is 0.0280. The van der Waals surface area contributed by atoms with E-state index < -0.39 is 11.8 Å². The highest BCUT2D eigenvalue weighted by Gasteiger charge is 2.23. The Bertz CT molecular complexity index is 1790. The highest BCUT2D eigenvalue weighted by atomic mass is 35.5. The summed E-state index contributed by atoms with van der Waals surface area (Å²) in [5.41, 5.74) is 12.0. The van der Waals surface area contributed by atoms with E-state index in [2.05, 4.69) is 21.4 Å². The van der Waals surface area contributed by atoms with Gasteiger partial charge in [-0.15, -0.1) is 11.6 Å². The van der Waals surface area contributed by atoms with Gasteiger partial charge in [0.2, 0.25) is 0 Å². The molecule has 0 atom stereocenters. The van der Waals surface area contributed by atoms with Crippen LogP contribution in [0.2, 0.25) is 0 Å². The number of anilines is 3. The number of halogens is 1. The molecule has 7 N–H and O–H groups in total. The summed E-state index contributed by atoms with van der Waals surface area (Å²) in [6, 6.07) is 11.9. The monoisotopic (exact) mass is 662 g/mol. The molecule has 3 heterocycles. The van der Waals surface area contributed by atoms with E-state index in [4.69, 9.17) is 22.7 Å². The normalized spacial score (nSPS) is 10.8. The molecule has 0 spiro atoms. The van der Waals surface area contributed by atoms with Crippen molar-refractivity contribution in [1.29, 1.82) is 5.41 Å². The first-order valence-corrected chi connectivity index (χ1v) is 15.4. The third kappa shape index (κ3) is 8.48. The Morgan fingerprint density at radius 3 is 1.98 bits per heavy atom. The lowest BCUT2D eigenvalue weighted by atomic mass is 10.1. The van der Waals surface area contributed by atoms with Gasteiger partial charge in [-0.1, -0.05) is 17.7 Å². The number of nitrogens with two attached hydrogens (primary N) is 1. The average molecular weight is 663 g/mol. The Balaban J connectivity index is 1.48. The highest BCUT2D eigenvalue weighted by Crippen LogP contribution is 2.23. The van der Waals surface area contributed by atoms with Crippen LogP contribution in [0, 0.1) is 12.3 Å². The molecule has 0 aliphatic heterocycles. The van der Waals surface area contributed by atoms with Crippen LogP contribution in [0.5, 0.6) is 0 Å². The fourth-order valence-corrected chi connectivity index (χ4v) is 4.92. The second-order valence-electron chi connectivity index (χ2n) is 10.9. The van der Waals surface area contributed by atoms with Crippen molar-refractivity contribution >= 4 is 58.1 Å². The van der Waals surface area contributed by atoms with Gasteiger partial charge in [0.1, 0.15) is 17.1 Å². The molecule has 4 rings (SSSR count). The Kier molecular flexibility index (Phi) is 11.2. The van der Waals surface area contributed by atoms with Crippen LogP contribution in [0.3, 0.4) is 0 Å². The van der Waals surface area contributed by atoms with Crippen molar-refractivity contribution in [2.45, 2.75) is 26.8 Å². The maximum Gasteiger partial charge on any atom is 0.272 e. The number of nitrogens with zero attached hydrogens (tertiary/aromatic N) is 4. The van der Waals surface area contributed by atoms with Gasteiger partial charge in [0, 0.05) is 70.2 Å². The third-order valence-electron chi connectivity index (χ3n) is 7.25. The molecule has 15 heteroatoms. The van der Waals surface area contributed by atoms with Crippen molar-refractivity contribution in [3.05, 3.63) is 89.3 Å². The van der Waals surface area contributed by atoms with Gasteiger partial charge in [-0.25, -0.2) is 10.4 Å². The SMILES string of the molecule is CCn1cc(N(NCCCl)C(=O)c2ccc(C)cc2)cc1C(=O)Nc1cc(C(=O)Nc2cc(C(=O)NCCC(=N)N)n(C)c2)n(C)c1. The van der Waals surface area contributed by atoms with E-state index in [1.165, 1.54) is 11.1 Å². The zero-order valence-corrected chi connectivity index (χ0v) is 27.4. The lowest BCUT2D eigenvalue weighted by Gasteiger charge is -2.22. The van der Waals surface area contributed by atoms with Crippen LogP contribution < -0.4 is 32.1 Å². The summed E-state index contributed by atoms with van der Waals surface area (Å²) < 4.78 is 4.88. The molecule has 0 aliphatic rings. The summed E-state index contributed by atoms with van der Waals surface area (Å²) in [5.74, 6) is -1.30. The molecule has 1 aromatic carbocycles. The largest absolute Gasteiger partial charge is 0.388 e. The van der Waals surface area contributed by atoms with E-state index in [1.807, 2.05) is 26.0 Å². The Morgan fingerprint density at radius 1 is 0.851 bits per heavy atom. The molecular weight excluding hydrogens is 624 g/mol. The van der Waals surface area contributed by atoms with Crippen LogP contribution in [0.15, 0.2) is 61.1 Å². The average Bonchev–Trinajstić information content (AvgIpc) is 3.73. The summed E-state index contributed by atoms with van der Waals surface area (Å²) in [4.78, 5) is 52.6. The van der Waals surface area contributed by atoms with Gasteiger partial charge in [-0.05, 0) is 44.2 Å². The number of aryl methyl sites for hydroxylation is 4. The quantitative estimate of drug-likeness (QED) is 0.0520. The van der Waals surface area contributed by atoms with Gasteiger partial charge in [-0.2, -0.15) is 0 Å². The second kappa shape index (κ2) is 15.3. The van der Waals surface area contributed by atoms with E-state index in [0.717, 1.165) is 5.56 Å². The molecule has 47 heavy (non-hydrogen) atoms. The predicted octanol–water partition coefficient (Wildman–Crippen LogP) is 3.44. The summed E-state index contributed by atoms with van der Waals surface area (Å²) in [6.45, 7) is 4.83. The Morgan fingerprint density at radius 2 is 1.43 bits per heavy atom. The van der Waals surface area contributed by atoms with Gasteiger partial charge >= 0.3 is 0 Å². The fraction of sp³-hybridized carbons (Fsp3) is 0.281. The van der Waals surface area contributed by atoms with E-state index in [-0.39, 0.29) is 42.2 Å². The van der Waals surface area contributed by atoms with Crippen molar-refractivity contribution in [3.8, 4) is 0 Å². The van der Waals surface area contributed by atoms with Gasteiger partial charge in [0.15, 0.2) is 0 Å². The van der Waals surface area contributed by atoms with E-state index in [1.54, 1.807) is 70.7 Å². The maximum atomic E-state index is 13.5. The number of benzene rings is 1. The number of amidine groups is 1. The van der Waals surface area contributed by atoms with E-state index >= 15 is 0 Å². The molecule has 248 valence electrons. The van der Waals surface area contributed by atoms with Gasteiger partial charge in [-0.3, -0.25) is 24.6 Å². The molecule has 0 saturated heterocycles. The molecule has 14 nitrogen and oxygen atoms in total. The summed E-state index contributed by atoms with van der Waals surface area (Å²) in [5, 5.41) is 17.0. The third-order valence-corrected chi connectivity index (χ3v) is 7.44. The van der Waals surface area contributed by atoms with Crippen molar-refractivity contribution in [2.75, 3.05) is 34.6 Å². The number of hydrogen-bond donors (Lipinski definition) is 6. The maximum absolute atomic E-state index is 13.5. The number of hydrazine groups is 1. The first-order chi connectivity index (χ1) is 22.4. The van der Waals surface area contributed by atoms with Crippen LogP contribution >= 0.6 is 11.6 Å². The van der Waals surface area contributed by atoms with E-state index in [9.17, 15) is 19.2 Å². The van der Waals surface area contributed by atoms with Crippen molar-refractivity contribution in [3.63, 3.8) is 0 Å². The number of nitrogens with one attached hydrogen (secondary N) is 5. The topological polar surface area (TPSA) is 184 Å². The number of carbonyl (C=O) groups excluding carboxylic acids is 4. The lowest BCUT2D eigenvalue weighted by Crippen LogP contribution is -2.44. The highest BCUT2D eigenvalue weighted by molar-refractivity contribution is 6.18. The lowest BCUT2D eigenvalue weighted by molar-refractivity contribution is 0.0943. The molecule has 0 radical (unpaired) electrons. The van der Waals surface area contributed by atoms with Crippen LogP contribution in [0.25, 0.3) is 0 Å². The molecule has 0 fully saturated rings. The second-order valence-corrected chi connectivity index (χ2v) is 11.2. The number of carbonyl (C=O) groups is 4. The minimum Gasteiger partial charge on any atom is -0.388 e. The zero-order valence-electron chi connectivity index (χ0n) is 26.7. The van der Waals surface area contributed by atoms with Crippen molar-refractivity contribution in [1.82, 2.24) is 24.4 Å². The van der Waals surface area contributed by atoms with Crippen LogP contribution in [-0.2, 0) is 20.6 Å². The zero-order chi connectivity index (χ0) is 34.2. The summed E-state index contributed by atoms with van der Waals surface area (Å²) in [6.07, 6.45) is 5.16. The van der Waals surface area contributed by atoms with E-state index in [0.29, 0.717) is 47.1 Å². The Hall–Kier alpha value is -5.34. The predicted molar refractivity (Wildman–Crippen MR) is 182 cm³/mol. The molecule has 4 amide bonds. The summed E-state index contributed by atoms with van der Waals surface area (Å²) >= 11 is 5.91. The standard InChI is InChI=1S/C32H39ClN10O4/c1-5-42-19-24(43(37-13-11-33)32(47)21-8-6-20(2)7-9-21)16-27(42)31(46)39-23-15-26(41(4)18-23)30(45)38-22-14-25(40(3)17-22)29(44)36-12-10-28(34)35/h6-9,14-19,37H,5,10-13H2,1-4H3,(H3,34,35)(H,36,44)(H,38,45)(H,39,46). The van der Waals surface area contributed by atoms with Crippen LogP contribution in [0.4, 0.5) is 17.1 Å². The van der Waals surface area contributed by atoms with Crippen LogP contribution in [0.1, 0.15) is 60.7 Å². The first-order valence-electron chi connectivity index (χ1n) is 14.9. The van der Waals surface area contributed by atoms with Crippen molar-refractivity contribution in [2.24, 2.45) is 19.8 Å². The number of rotatable bonds is 14. The molecule has 0 aliphatic carbocycles. The van der Waals surface area contributed by atoms with Gasteiger partial charge < -0.3 is 35.4 Å². The number of hydrogen-bond acceptors (Lipinski definition) is 6.